The molecule has 0 bridgehead atoms. The molecule has 1 fully saturated rings. The average Bonchev–Trinajstić information content (AvgIpc) is 3.48. The van der Waals surface area contributed by atoms with Crippen molar-refractivity contribution in [3.05, 3.63) is 47.7 Å². The van der Waals surface area contributed by atoms with Crippen LogP contribution in [0.4, 0.5) is 11.4 Å². The van der Waals surface area contributed by atoms with Crippen molar-refractivity contribution >= 4 is 34.1 Å². The number of carbonyl (C=O) groups is 2. The lowest BCUT2D eigenvalue weighted by Gasteiger charge is -2.18. The van der Waals surface area contributed by atoms with Gasteiger partial charge in [0.25, 0.3) is 5.91 Å². The molecule has 2 amide bonds. The number of nitrogens with zero attached hydrogens (tertiary/aromatic N) is 2. The fourth-order valence-electron chi connectivity index (χ4n) is 3.96. The normalized spacial score (nSPS) is 16.4. The van der Waals surface area contributed by atoms with E-state index >= 15 is 0 Å². The van der Waals surface area contributed by atoms with Crippen LogP contribution in [0.15, 0.2) is 36.4 Å². The predicted molar refractivity (Wildman–Crippen MR) is 112 cm³/mol. The Morgan fingerprint density at radius 2 is 1.93 bits per heavy atom. The van der Waals surface area contributed by atoms with Crippen LogP contribution in [0.5, 0.6) is 0 Å². The first-order chi connectivity index (χ1) is 14.0. The Hall–Kier alpha value is -3.48. The van der Waals surface area contributed by atoms with E-state index in [0.717, 1.165) is 27.8 Å². The van der Waals surface area contributed by atoms with Gasteiger partial charge in [0.1, 0.15) is 0 Å². The summed E-state index contributed by atoms with van der Waals surface area (Å²) in [4.78, 5) is 23.5. The number of nitrogens with two attached hydrogens (primary N) is 1. The molecule has 146 valence electrons. The van der Waals surface area contributed by atoms with Gasteiger partial charge in [0.2, 0.25) is 5.91 Å². The number of nitrogens with one attached hydrogen (secondary N) is 2. The number of aromatic nitrogens is 2. The number of amides is 2. The summed E-state index contributed by atoms with van der Waals surface area (Å²) in [5, 5.41) is 15.5. The van der Waals surface area contributed by atoms with Gasteiger partial charge in [-0.1, -0.05) is 12.1 Å². The SMILES string of the molecule is C[C@@H](Nc1c(C(N)=O)nnc2cc(-c3ccc4c(c3)CC(=O)N4)ccc12)C1CC1. The second kappa shape index (κ2) is 6.55. The molecule has 1 aliphatic carbocycles. The standard InChI is InChI=1S/C22H21N5O2/c1-11(12-2-3-12)24-20-16-6-4-14(9-18(16)26-27-21(20)22(23)29)13-5-7-17-15(8-13)10-19(28)25-17/h4-9,11-12H,2-3,10H2,1H3,(H2,23,29)(H,24,26)(H,25,28)/t11-/m1/s1. The van der Waals surface area contributed by atoms with Gasteiger partial charge in [0.05, 0.1) is 17.6 Å². The summed E-state index contributed by atoms with van der Waals surface area (Å²) in [6.45, 7) is 2.11. The summed E-state index contributed by atoms with van der Waals surface area (Å²) in [6, 6.07) is 12.1. The molecule has 0 radical (unpaired) electrons. The quantitative estimate of drug-likeness (QED) is 0.623. The number of benzene rings is 2. The highest BCUT2D eigenvalue weighted by atomic mass is 16.2. The number of carbonyl (C=O) groups excluding carboxylic acids is 2. The number of rotatable bonds is 5. The van der Waals surface area contributed by atoms with Gasteiger partial charge in [-0.05, 0) is 66.6 Å². The summed E-state index contributed by atoms with van der Waals surface area (Å²) < 4.78 is 0. The fraction of sp³-hybridized carbons (Fsp3) is 0.273. The zero-order chi connectivity index (χ0) is 20.1. The number of primary amides is 1. The topological polar surface area (TPSA) is 110 Å². The van der Waals surface area contributed by atoms with Gasteiger partial charge >= 0.3 is 0 Å². The molecule has 29 heavy (non-hydrogen) atoms. The van der Waals surface area contributed by atoms with E-state index in [0.29, 0.717) is 23.5 Å². The molecule has 1 aromatic heterocycles. The molecule has 2 aliphatic rings. The first kappa shape index (κ1) is 17.6. The lowest BCUT2D eigenvalue weighted by atomic mass is 9.99. The van der Waals surface area contributed by atoms with Crippen LogP contribution in [0.25, 0.3) is 22.0 Å². The van der Waals surface area contributed by atoms with Crippen molar-refractivity contribution in [2.24, 2.45) is 11.7 Å². The van der Waals surface area contributed by atoms with Crippen molar-refractivity contribution < 1.29 is 9.59 Å². The Kier molecular flexibility index (Phi) is 3.97. The lowest BCUT2D eigenvalue weighted by molar-refractivity contribution is -0.115. The van der Waals surface area contributed by atoms with Crippen LogP contribution in [-0.2, 0) is 11.2 Å². The van der Waals surface area contributed by atoms with Crippen LogP contribution in [0.1, 0.15) is 35.8 Å². The van der Waals surface area contributed by atoms with E-state index in [-0.39, 0.29) is 17.6 Å². The minimum absolute atomic E-state index is 0.0148. The van der Waals surface area contributed by atoms with Crippen LogP contribution in [0, 0.1) is 5.92 Å². The largest absolute Gasteiger partial charge is 0.380 e. The molecule has 7 heteroatoms. The average molecular weight is 387 g/mol. The molecule has 7 nitrogen and oxygen atoms in total. The first-order valence-electron chi connectivity index (χ1n) is 9.79. The molecule has 5 rings (SSSR count). The summed E-state index contributed by atoms with van der Waals surface area (Å²) in [6.07, 6.45) is 2.78. The molecule has 3 aromatic rings. The Labute approximate surface area is 167 Å². The number of hydrogen-bond donors (Lipinski definition) is 3. The zero-order valence-electron chi connectivity index (χ0n) is 16.0. The van der Waals surface area contributed by atoms with Crippen LogP contribution in [0.3, 0.4) is 0 Å². The van der Waals surface area contributed by atoms with Crippen LogP contribution in [-0.4, -0.2) is 28.1 Å². The van der Waals surface area contributed by atoms with Gasteiger partial charge in [0, 0.05) is 17.1 Å². The number of anilines is 2. The highest BCUT2D eigenvalue weighted by Crippen LogP contribution is 2.36. The smallest absolute Gasteiger partial charge is 0.271 e. The Balaban J connectivity index is 1.57. The third-order valence-corrected chi connectivity index (χ3v) is 5.76. The predicted octanol–water partition coefficient (Wildman–Crippen LogP) is 3.10. The molecular weight excluding hydrogens is 366 g/mol. The van der Waals surface area contributed by atoms with Gasteiger partial charge in [-0.25, -0.2) is 0 Å². The molecule has 0 saturated heterocycles. The molecule has 0 unspecified atom stereocenters. The fourth-order valence-corrected chi connectivity index (χ4v) is 3.96. The van der Waals surface area contributed by atoms with E-state index in [4.69, 9.17) is 5.73 Å². The van der Waals surface area contributed by atoms with Gasteiger partial charge in [0.15, 0.2) is 5.69 Å². The highest BCUT2D eigenvalue weighted by Gasteiger charge is 2.29. The third-order valence-electron chi connectivity index (χ3n) is 5.76. The molecule has 2 aromatic carbocycles. The maximum absolute atomic E-state index is 11.9. The Morgan fingerprint density at radius 3 is 2.69 bits per heavy atom. The first-order valence-corrected chi connectivity index (χ1v) is 9.79. The molecule has 1 saturated carbocycles. The third kappa shape index (κ3) is 3.18. The highest BCUT2D eigenvalue weighted by molar-refractivity contribution is 6.05. The maximum Gasteiger partial charge on any atom is 0.271 e. The van der Waals surface area contributed by atoms with E-state index in [9.17, 15) is 9.59 Å². The van der Waals surface area contributed by atoms with Crippen molar-refractivity contribution in [2.75, 3.05) is 10.6 Å². The van der Waals surface area contributed by atoms with Crippen LogP contribution >= 0.6 is 0 Å². The van der Waals surface area contributed by atoms with Gasteiger partial charge in [-0.2, -0.15) is 0 Å². The monoisotopic (exact) mass is 387 g/mol. The number of fused-ring (bicyclic) bond motifs is 2. The van der Waals surface area contributed by atoms with E-state index in [1.807, 2.05) is 36.4 Å². The molecule has 1 atom stereocenters. The minimum Gasteiger partial charge on any atom is -0.380 e. The summed E-state index contributed by atoms with van der Waals surface area (Å²) in [7, 11) is 0. The lowest BCUT2D eigenvalue weighted by Crippen LogP contribution is -2.23. The Morgan fingerprint density at radius 1 is 1.17 bits per heavy atom. The summed E-state index contributed by atoms with van der Waals surface area (Å²) >= 11 is 0. The van der Waals surface area contributed by atoms with E-state index in [1.165, 1.54) is 12.8 Å². The van der Waals surface area contributed by atoms with Crippen molar-refractivity contribution in [2.45, 2.75) is 32.2 Å². The zero-order valence-corrected chi connectivity index (χ0v) is 16.0. The van der Waals surface area contributed by atoms with Gasteiger partial charge in [-0.3, -0.25) is 9.59 Å². The number of hydrogen-bond acceptors (Lipinski definition) is 5. The van der Waals surface area contributed by atoms with Crippen LogP contribution in [0.2, 0.25) is 0 Å². The second-order valence-corrected chi connectivity index (χ2v) is 7.89. The van der Waals surface area contributed by atoms with Gasteiger partial charge < -0.3 is 16.4 Å². The maximum atomic E-state index is 11.9. The van der Waals surface area contributed by atoms with Crippen molar-refractivity contribution in [1.82, 2.24) is 10.2 Å². The van der Waals surface area contributed by atoms with E-state index < -0.39 is 5.91 Å². The summed E-state index contributed by atoms with van der Waals surface area (Å²) in [5.74, 6) is 0.0340. The Bertz CT molecular complexity index is 1170. The second-order valence-electron chi connectivity index (χ2n) is 7.89. The molecular formula is C22H21N5O2. The van der Waals surface area contributed by atoms with Crippen molar-refractivity contribution in [3.8, 4) is 11.1 Å². The van der Waals surface area contributed by atoms with E-state index in [1.54, 1.807) is 0 Å². The molecule has 1 aliphatic heterocycles. The minimum atomic E-state index is -0.593. The van der Waals surface area contributed by atoms with Crippen LogP contribution < -0.4 is 16.4 Å². The molecule has 2 heterocycles. The summed E-state index contributed by atoms with van der Waals surface area (Å²) in [5.41, 5.74) is 10.9. The van der Waals surface area contributed by atoms with Crippen molar-refractivity contribution in [1.29, 1.82) is 0 Å². The van der Waals surface area contributed by atoms with Crippen molar-refractivity contribution in [3.63, 3.8) is 0 Å². The van der Waals surface area contributed by atoms with Gasteiger partial charge in [-0.15, -0.1) is 10.2 Å². The molecule has 0 spiro atoms. The molecule has 4 N–H and O–H groups in total. The van der Waals surface area contributed by atoms with E-state index in [2.05, 4.69) is 27.8 Å².